The number of piperidine rings is 1. The molecule has 1 saturated heterocycles. The van der Waals surface area contributed by atoms with E-state index in [-0.39, 0.29) is 43.2 Å². The van der Waals surface area contributed by atoms with Crippen molar-refractivity contribution < 1.29 is 19.1 Å². The Hall–Kier alpha value is -3.08. The number of carbonyl (C=O) groups excluding carboxylic acids is 3. The lowest BCUT2D eigenvalue weighted by Gasteiger charge is -2.33. The van der Waals surface area contributed by atoms with E-state index in [0.717, 1.165) is 5.69 Å². The van der Waals surface area contributed by atoms with Gasteiger partial charge in [0, 0.05) is 44.2 Å². The maximum absolute atomic E-state index is 12.7. The van der Waals surface area contributed by atoms with E-state index in [1.54, 1.807) is 9.80 Å². The standard InChI is InChI=1S/C23H32N4O4/c1-23(2,3)31-22(30)26-16-12-18(13-17-26)25-20(28)10-11-21(29)27(15-7-14-24)19-8-5-4-6-9-19/h4-6,8-9,18H,7,10-13,15-17H2,1-3H3,(H,25,28). The summed E-state index contributed by atoms with van der Waals surface area (Å²) in [5.74, 6) is -0.367. The molecule has 1 fully saturated rings. The van der Waals surface area contributed by atoms with Gasteiger partial charge in [-0.15, -0.1) is 0 Å². The Labute approximate surface area is 184 Å². The number of nitrogens with zero attached hydrogens (tertiary/aromatic N) is 3. The molecule has 1 aliphatic heterocycles. The van der Waals surface area contributed by atoms with E-state index in [0.29, 0.717) is 32.5 Å². The van der Waals surface area contributed by atoms with Gasteiger partial charge in [0.2, 0.25) is 11.8 Å². The normalized spacial score (nSPS) is 14.5. The molecule has 0 aliphatic carbocycles. The maximum Gasteiger partial charge on any atom is 0.410 e. The Kier molecular flexibility index (Phi) is 8.86. The first-order chi connectivity index (χ1) is 14.7. The molecular weight excluding hydrogens is 396 g/mol. The van der Waals surface area contributed by atoms with Gasteiger partial charge < -0.3 is 19.9 Å². The fraction of sp³-hybridized carbons (Fsp3) is 0.565. The van der Waals surface area contributed by atoms with Crippen molar-refractivity contribution in [3.8, 4) is 6.07 Å². The van der Waals surface area contributed by atoms with Crippen molar-refractivity contribution in [2.75, 3.05) is 24.5 Å². The van der Waals surface area contributed by atoms with Gasteiger partial charge in [0.05, 0.1) is 12.5 Å². The van der Waals surface area contributed by atoms with Crippen LogP contribution in [0.25, 0.3) is 0 Å². The number of ether oxygens (including phenoxy) is 1. The van der Waals surface area contributed by atoms with E-state index in [1.165, 1.54) is 0 Å². The highest BCUT2D eigenvalue weighted by Crippen LogP contribution is 2.17. The van der Waals surface area contributed by atoms with Crippen molar-refractivity contribution in [2.45, 2.75) is 64.5 Å². The molecule has 0 saturated carbocycles. The van der Waals surface area contributed by atoms with Crippen molar-refractivity contribution in [1.82, 2.24) is 10.2 Å². The quantitative estimate of drug-likeness (QED) is 0.718. The first-order valence-electron chi connectivity index (χ1n) is 10.7. The van der Waals surface area contributed by atoms with Gasteiger partial charge >= 0.3 is 6.09 Å². The third-order valence-electron chi connectivity index (χ3n) is 4.89. The molecule has 0 spiro atoms. The fourth-order valence-corrected chi connectivity index (χ4v) is 3.36. The zero-order chi connectivity index (χ0) is 22.9. The number of para-hydroxylation sites is 1. The smallest absolute Gasteiger partial charge is 0.410 e. The van der Waals surface area contributed by atoms with Crippen LogP contribution in [0.4, 0.5) is 10.5 Å². The summed E-state index contributed by atoms with van der Waals surface area (Å²) in [6, 6.07) is 11.2. The highest BCUT2D eigenvalue weighted by molar-refractivity contribution is 5.95. The number of benzene rings is 1. The van der Waals surface area contributed by atoms with Crippen LogP contribution in [0.3, 0.4) is 0 Å². The molecule has 1 aromatic carbocycles. The number of nitrogens with one attached hydrogen (secondary N) is 1. The SMILES string of the molecule is CC(C)(C)OC(=O)N1CCC(NC(=O)CCC(=O)N(CCC#N)c2ccccc2)CC1. The summed E-state index contributed by atoms with van der Waals surface area (Å²) >= 11 is 0. The molecule has 0 unspecified atom stereocenters. The van der Waals surface area contributed by atoms with Crippen LogP contribution in [0, 0.1) is 11.3 Å². The van der Waals surface area contributed by atoms with Gasteiger partial charge in [-0.1, -0.05) is 18.2 Å². The van der Waals surface area contributed by atoms with Crippen molar-refractivity contribution in [2.24, 2.45) is 0 Å². The van der Waals surface area contributed by atoms with Crippen molar-refractivity contribution in [3.63, 3.8) is 0 Å². The molecule has 0 atom stereocenters. The van der Waals surface area contributed by atoms with Crippen LogP contribution in [-0.4, -0.2) is 54.1 Å². The number of carbonyl (C=O) groups is 3. The average molecular weight is 429 g/mol. The fourth-order valence-electron chi connectivity index (χ4n) is 3.36. The minimum absolute atomic E-state index is 0.0231. The average Bonchev–Trinajstić information content (AvgIpc) is 2.72. The second-order valence-corrected chi connectivity index (χ2v) is 8.60. The Balaban J connectivity index is 1.78. The van der Waals surface area contributed by atoms with Crippen LogP contribution >= 0.6 is 0 Å². The molecule has 2 rings (SSSR count). The van der Waals surface area contributed by atoms with Gasteiger partial charge in [-0.3, -0.25) is 9.59 Å². The van der Waals surface area contributed by atoms with Gasteiger partial charge in [-0.05, 0) is 45.7 Å². The van der Waals surface area contributed by atoms with Gasteiger partial charge in [0.25, 0.3) is 0 Å². The molecule has 0 bridgehead atoms. The zero-order valence-corrected chi connectivity index (χ0v) is 18.6. The van der Waals surface area contributed by atoms with E-state index < -0.39 is 5.60 Å². The minimum Gasteiger partial charge on any atom is -0.444 e. The summed E-state index contributed by atoms with van der Waals surface area (Å²) in [5.41, 5.74) is 0.188. The van der Waals surface area contributed by atoms with Gasteiger partial charge in [0.15, 0.2) is 0 Å². The largest absolute Gasteiger partial charge is 0.444 e. The highest BCUT2D eigenvalue weighted by Gasteiger charge is 2.27. The predicted octanol–water partition coefficient (Wildman–Crippen LogP) is 3.23. The van der Waals surface area contributed by atoms with Crippen LogP contribution in [0.2, 0.25) is 0 Å². The third-order valence-corrected chi connectivity index (χ3v) is 4.89. The molecule has 1 heterocycles. The molecule has 168 valence electrons. The second-order valence-electron chi connectivity index (χ2n) is 8.60. The van der Waals surface area contributed by atoms with E-state index in [9.17, 15) is 14.4 Å². The first-order valence-corrected chi connectivity index (χ1v) is 10.7. The Morgan fingerprint density at radius 2 is 1.81 bits per heavy atom. The lowest BCUT2D eigenvalue weighted by molar-refractivity contribution is -0.125. The minimum atomic E-state index is -0.532. The Morgan fingerprint density at radius 1 is 1.16 bits per heavy atom. The lowest BCUT2D eigenvalue weighted by Crippen LogP contribution is -2.47. The first kappa shape index (κ1) is 24.2. The number of nitriles is 1. The van der Waals surface area contributed by atoms with Crippen LogP contribution in [0.5, 0.6) is 0 Å². The summed E-state index contributed by atoms with van der Waals surface area (Å²) in [5, 5.41) is 11.8. The number of hydrogen-bond donors (Lipinski definition) is 1. The topological polar surface area (TPSA) is 103 Å². The third kappa shape index (κ3) is 8.28. The predicted molar refractivity (Wildman–Crippen MR) is 117 cm³/mol. The number of likely N-dealkylation sites (tertiary alicyclic amines) is 1. The van der Waals surface area contributed by atoms with E-state index >= 15 is 0 Å². The van der Waals surface area contributed by atoms with Crippen LogP contribution in [0.15, 0.2) is 30.3 Å². The molecule has 1 aromatic rings. The summed E-state index contributed by atoms with van der Waals surface area (Å²) < 4.78 is 5.38. The van der Waals surface area contributed by atoms with Crippen molar-refractivity contribution >= 4 is 23.6 Å². The molecule has 8 heteroatoms. The lowest BCUT2D eigenvalue weighted by atomic mass is 10.0. The van der Waals surface area contributed by atoms with Crippen LogP contribution in [0.1, 0.15) is 52.9 Å². The Bertz CT molecular complexity index is 790. The number of anilines is 1. The molecule has 3 amide bonds. The number of amides is 3. The maximum atomic E-state index is 12.7. The molecule has 1 N–H and O–H groups in total. The van der Waals surface area contributed by atoms with Gasteiger partial charge in [-0.25, -0.2) is 4.79 Å². The van der Waals surface area contributed by atoms with Crippen molar-refractivity contribution in [1.29, 1.82) is 5.26 Å². The summed E-state index contributed by atoms with van der Waals surface area (Å²) in [7, 11) is 0. The number of hydrogen-bond acceptors (Lipinski definition) is 5. The van der Waals surface area contributed by atoms with Gasteiger partial charge in [0.1, 0.15) is 5.60 Å². The summed E-state index contributed by atoms with van der Waals surface area (Å²) in [4.78, 5) is 40.3. The van der Waals surface area contributed by atoms with Crippen LogP contribution in [-0.2, 0) is 14.3 Å². The van der Waals surface area contributed by atoms with E-state index in [2.05, 4.69) is 11.4 Å². The molecule has 0 aromatic heterocycles. The van der Waals surface area contributed by atoms with Gasteiger partial charge in [-0.2, -0.15) is 5.26 Å². The molecule has 0 radical (unpaired) electrons. The highest BCUT2D eigenvalue weighted by atomic mass is 16.6. The van der Waals surface area contributed by atoms with Crippen molar-refractivity contribution in [3.05, 3.63) is 30.3 Å². The van der Waals surface area contributed by atoms with Crippen LogP contribution < -0.4 is 10.2 Å². The summed E-state index contributed by atoms with van der Waals surface area (Å²) in [6.07, 6.45) is 1.35. The molecule has 31 heavy (non-hydrogen) atoms. The molecule has 1 aliphatic rings. The monoisotopic (exact) mass is 428 g/mol. The second kappa shape index (κ2) is 11.3. The molecule has 8 nitrogen and oxygen atoms in total. The summed E-state index contributed by atoms with van der Waals surface area (Å²) in [6.45, 7) is 6.84. The van der Waals surface area contributed by atoms with E-state index in [4.69, 9.17) is 10.00 Å². The molecular formula is C23H32N4O4. The zero-order valence-electron chi connectivity index (χ0n) is 18.6. The van der Waals surface area contributed by atoms with E-state index in [1.807, 2.05) is 51.1 Å². The number of rotatable bonds is 7. The Morgan fingerprint density at radius 3 is 2.39 bits per heavy atom.